The van der Waals surface area contributed by atoms with Crippen molar-refractivity contribution >= 4 is 120 Å². The zero-order valence-corrected chi connectivity index (χ0v) is 67.0. The molecule has 12 heterocycles. The Kier molecular flexibility index (Phi) is 27.6. The number of aliphatic hydroxyl groups is 1. The van der Waals surface area contributed by atoms with Gasteiger partial charge in [0, 0.05) is 23.0 Å². The quantitative estimate of drug-likeness (QED) is 0.00675. The van der Waals surface area contributed by atoms with Crippen molar-refractivity contribution in [2.24, 2.45) is 11.8 Å². The largest absolute Gasteiger partial charge is 0.506 e. The van der Waals surface area contributed by atoms with Crippen molar-refractivity contribution < 1.29 is 126 Å². The molecule has 0 radical (unpaired) electrons. The number of hydrogen-bond acceptors (Lipinski definition) is 33. The molecule has 4 fully saturated rings. The first-order chi connectivity index (χ1) is 59.4. The summed E-state index contributed by atoms with van der Waals surface area (Å²) in [6.45, 7) is 17.5. The Morgan fingerprint density at radius 3 is 1.24 bits per heavy atom. The Morgan fingerprint density at radius 2 is 0.871 bits per heavy atom. The molecule has 4 aliphatic heterocycles. The van der Waals surface area contributed by atoms with Gasteiger partial charge in [0.25, 0.3) is 22.9 Å². The highest BCUT2D eigenvalue weighted by Gasteiger charge is 2.56. The van der Waals surface area contributed by atoms with E-state index in [9.17, 15) is 62.8 Å². The lowest BCUT2D eigenvalue weighted by atomic mass is 10.1. The summed E-state index contributed by atoms with van der Waals surface area (Å²) < 4.78 is 164. The second kappa shape index (κ2) is 38.4. The summed E-state index contributed by atoms with van der Waals surface area (Å²) in [6.07, 6.45) is -26.4. The molecule has 0 bridgehead atoms. The third-order valence-electron chi connectivity index (χ3n) is 19.1. The maximum absolute atomic E-state index is 16.6. The zero-order valence-electron chi connectivity index (χ0n) is 65.2. The molecular weight excluding hydrogens is 1700 g/mol. The third kappa shape index (κ3) is 19.4. The van der Waals surface area contributed by atoms with Gasteiger partial charge < -0.3 is 64.1 Å². The van der Waals surface area contributed by atoms with Gasteiger partial charge in [-0.15, -0.1) is 0 Å². The van der Waals surface area contributed by atoms with Gasteiger partial charge in [-0.25, -0.2) is 89.3 Å². The molecule has 4 saturated heterocycles. The smallest absolute Gasteiger partial charge is 0.450 e. The van der Waals surface area contributed by atoms with Gasteiger partial charge in [-0.1, -0.05) is 71.0 Å². The molecule has 53 heteroatoms. The topological polar surface area (TPSA) is 579 Å². The molecule has 14 rings (SSSR count). The maximum atomic E-state index is 16.6. The van der Waals surface area contributed by atoms with Gasteiger partial charge in [0.15, 0.2) is 118 Å². The van der Waals surface area contributed by atoms with Gasteiger partial charge >= 0.3 is 28.0 Å². The molecule has 9 N–H and O–H groups in total. The number of carbonyl (C=O) groups excluding carboxylic acids is 4. The van der Waals surface area contributed by atoms with Crippen LogP contribution in [0, 0.1) is 25.0 Å². The number of alkyl halides is 4. The first kappa shape index (κ1) is 89.1. The lowest BCUT2D eigenvalue weighted by molar-refractivity contribution is -0.119. The molecule has 656 valence electrons. The highest BCUT2D eigenvalue weighted by molar-refractivity contribution is 7.48. The lowest BCUT2D eigenvalue weighted by Gasteiger charge is -2.25. The molecular formula is C71H74F4N22O25P2. The van der Waals surface area contributed by atoms with Crippen LogP contribution < -0.4 is 32.4 Å². The zero-order chi connectivity index (χ0) is 88.6. The fourth-order valence-electron chi connectivity index (χ4n) is 13.0. The fourth-order valence-corrected chi connectivity index (χ4v) is 15.8. The summed E-state index contributed by atoms with van der Waals surface area (Å²) in [5, 5.41) is 39.3. The molecule has 10 aromatic rings. The van der Waals surface area contributed by atoms with Crippen molar-refractivity contribution in [2.45, 2.75) is 139 Å². The first-order valence-electron chi connectivity index (χ1n) is 37.5. The van der Waals surface area contributed by atoms with Crippen molar-refractivity contribution in [2.75, 3.05) is 67.4 Å². The number of aromatic nitrogens is 16. The fraction of sp³-hybridized carbons (Fsp3) is 0.437. The average molecular weight is 1770 g/mol. The number of amides is 4. The first-order valence-corrected chi connectivity index (χ1v) is 40.4. The van der Waals surface area contributed by atoms with E-state index in [0.29, 0.717) is 11.1 Å². The van der Waals surface area contributed by atoms with E-state index in [1.54, 1.807) is 95.3 Å². The Balaban J connectivity index is 0.000000213. The summed E-state index contributed by atoms with van der Waals surface area (Å²) in [7, 11) is -10.0. The molecule has 47 nitrogen and oxygen atoms in total. The molecule has 4 amide bonds. The minimum absolute atomic E-state index is 0.0110. The van der Waals surface area contributed by atoms with E-state index in [-0.39, 0.29) is 87.7 Å². The van der Waals surface area contributed by atoms with Crippen molar-refractivity contribution in [1.29, 1.82) is 0 Å². The molecule has 2 aromatic carbocycles. The van der Waals surface area contributed by atoms with Gasteiger partial charge in [0.05, 0.1) is 51.2 Å². The number of halogens is 4. The Hall–Kier alpha value is -12.6. The van der Waals surface area contributed by atoms with E-state index in [1.165, 1.54) is 10.9 Å². The summed E-state index contributed by atoms with van der Waals surface area (Å²) in [4.78, 5) is 152. The molecule has 8 aromatic heterocycles. The number of nitrogens with one attached hydrogen (secondary N) is 6. The van der Waals surface area contributed by atoms with Crippen LogP contribution >= 0.6 is 15.6 Å². The molecule has 4 aliphatic rings. The standard InChI is InChI=1S/C36H38F2N11O12P.C35H36F2N11O13P/c1-5-19-25(22(38)33(58-19)48-15-42-23-27(40-14-41-28(23)48)44-31(51)18-9-7-6-8-10-18)61-62(55,56-12-11-39-4)57-13-20-21(37)26(60-36(53)54)34(59-20)49-16-43-24-29(49)45-35(47-32(24)52)46-30(50)17(2)3;1-16(2)29(50)45-34-44-28-23(31(52)46-34)42-15-48(28)33-25(60-35(53)54)20(36)19(59-33)12-57-62(55,56-10-9-38-3)61-24-18(11-49)58-32(21(24)37)47-14-41-22-26(39-13-40-27(22)47)43-30(51)17-7-5-4-6-8-17/h6-10,14-17,19-22,25-26,33-34H,5,11-13H2,1-3H3,(H,53,54)(H,40,41,44,51)(H2,45,46,47,50,52);4-8,13-16,18-21,24-25,32-33,49H,9-12H2,1-2H3,(H,53,54)(H,39,40,43,51)(H2,44,45,46,50,52)/t19-,20-,21-,22+,25-,26-,33-,34-,62?;18-,19-,20-,21+,24-,25-,32-,33-,62?/m11/s1. The Morgan fingerprint density at radius 1 is 0.500 bits per heavy atom. The number of imidazole rings is 4. The highest BCUT2D eigenvalue weighted by atomic mass is 31.2. The van der Waals surface area contributed by atoms with Crippen LogP contribution in [0.5, 0.6) is 0 Å². The predicted octanol–water partition coefficient (Wildman–Crippen LogP) is 6.97. The van der Waals surface area contributed by atoms with Gasteiger partial charge in [0.1, 0.15) is 56.4 Å². The van der Waals surface area contributed by atoms with Crippen LogP contribution in [0.3, 0.4) is 0 Å². The molecule has 0 aliphatic carbocycles. The van der Waals surface area contributed by atoms with Crippen LogP contribution in [0.25, 0.3) is 54.3 Å². The van der Waals surface area contributed by atoms with Crippen LogP contribution in [0.15, 0.2) is 108 Å². The summed E-state index contributed by atoms with van der Waals surface area (Å²) >= 11 is 0. The van der Waals surface area contributed by atoms with E-state index in [4.69, 9.17) is 68.7 Å². The number of nitrogens with zero attached hydrogens (tertiary/aromatic N) is 16. The minimum atomic E-state index is -5.06. The van der Waals surface area contributed by atoms with E-state index in [2.05, 4.69) is 90.8 Å². The SMILES string of the molecule is [C-]#[N+]CCOP(=O)(OC[C@H]1O[C@@H](n2cnc3c(=O)[nH]c(NC(=O)C(C)C)nc32)[C@H](OC(=O)O)[C@@H]1F)O[C@H]1[C@H](F)[C@H](n2cnc3c(NC(=O)c4ccccc4)ncnc32)O[C@@H]1CC.[C-]#[N+]CCOP(=O)(OC[C@H]1O[C@@H](n2cnc3c(=O)[nH]c(NC(=O)C(C)C)nc32)[C@H](OC(=O)O)[C@@H]1F)O[C@H]1[C@H](F)[C@H](n2cnc3c(NC(=O)c4ccccc4)ncnc32)O[C@@H]1CO. The molecule has 0 saturated carbocycles. The predicted molar refractivity (Wildman–Crippen MR) is 413 cm³/mol. The van der Waals surface area contributed by atoms with Crippen molar-refractivity contribution in [3.63, 3.8) is 0 Å². The van der Waals surface area contributed by atoms with E-state index in [1.807, 2.05) is 0 Å². The van der Waals surface area contributed by atoms with Gasteiger partial charge in [-0.05, 0) is 30.7 Å². The summed E-state index contributed by atoms with van der Waals surface area (Å²) in [6, 6.07) is 16.5. The van der Waals surface area contributed by atoms with E-state index in [0.717, 1.165) is 45.3 Å². The maximum Gasteiger partial charge on any atom is 0.506 e. The van der Waals surface area contributed by atoms with E-state index >= 15 is 17.6 Å². The average Bonchev–Trinajstić information content (AvgIpc) is 1.62. The van der Waals surface area contributed by atoms with Crippen molar-refractivity contribution in [3.8, 4) is 0 Å². The second-order valence-corrected chi connectivity index (χ2v) is 31.1. The molecule has 2 unspecified atom stereocenters. The number of rotatable bonds is 32. The van der Waals surface area contributed by atoms with Gasteiger partial charge in [-0.2, -0.15) is 9.97 Å². The van der Waals surface area contributed by atoms with Gasteiger partial charge in [-0.3, -0.25) is 94.8 Å². The number of hydrogen-bond donors (Lipinski definition) is 9. The van der Waals surface area contributed by atoms with Crippen molar-refractivity contribution in [1.82, 2.24) is 78.1 Å². The number of aromatic amines is 2. The van der Waals surface area contributed by atoms with E-state index < -0.39 is 206 Å². The number of fused-ring (bicyclic) bond motifs is 4. The Labute approximate surface area is 693 Å². The minimum Gasteiger partial charge on any atom is -0.450 e. The normalized spacial score (nSPS) is 24.5. The van der Waals surface area contributed by atoms with Crippen molar-refractivity contribution in [3.05, 3.63) is 153 Å². The summed E-state index contributed by atoms with van der Waals surface area (Å²) in [5.41, 5.74) is -1.84. The Bertz CT molecular complexity index is 5570. The number of aliphatic hydroxyl groups excluding tert-OH is 1. The van der Waals surface area contributed by atoms with Crippen LogP contribution in [-0.2, 0) is 74.3 Å². The van der Waals surface area contributed by atoms with Crippen LogP contribution in [0.4, 0.5) is 50.7 Å². The van der Waals surface area contributed by atoms with Crippen LogP contribution in [0.2, 0.25) is 0 Å². The number of carboxylic acid groups (broad SMARTS) is 2. The second-order valence-electron chi connectivity index (χ2n) is 27.9. The lowest BCUT2D eigenvalue weighted by Crippen LogP contribution is -2.35. The molecule has 124 heavy (non-hydrogen) atoms. The number of carbonyl (C=O) groups is 6. The third-order valence-corrected chi connectivity index (χ3v) is 22.0. The summed E-state index contributed by atoms with van der Waals surface area (Å²) in [5.74, 6) is -3.60. The number of benzene rings is 2. The number of anilines is 4. The number of ether oxygens (including phenoxy) is 6. The number of phosphoric ester groups is 2. The number of phosphoric acid groups is 2. The van der Waals surface area contributed by atoms with Crippen LogP contribution in [-0.4, -0.2) is 249 Å². The highest BCUT2D eigenvalue weighted by Crippen LogP contribution is 2.57. The van der Waals surface area contributed by atoms with Crippen LogP contribution in [0.1, 0.15) is 86.7 Å². The monoisotopic (exact) mass is 1770 g/mol. The number of H-pyrrole nitrogens is 2. The van der Waals surface area contributed by atoms with Gasteiger partial charge in [0.2, 0.25) is 36.8 Å². The molecule has 18 atom stereocenters. The molecule has 0 spiro atoms.